The third kappa shape index (κ3) is 5.48. The Morgan fingerprint density at radius 3 is 1.45 bits per heavy atom. The second-order valence-electron chi connectivity index (χ2n) is 4.74. The lowest BCUT2D eigenvalue weighted by Crippen LogP contribution is -2.30. The molecule has 0 N–H and O–H groups in total. The van der Waals surface area contributed by atoms with E-state index in [1.165, 1.54) is 6.04 Å². The van der Waals surface area contributed by atoms with Gasteiger partial charge in [-0.25, -0.2) is 0 Å². The fourth-order valence-electron chi connectivity index (χ4n) is 1.29. The Bertz CT molecular complexity index is 93.0. The predicted octanol–water partition coefficient (Wildman–Crippen LogP) is 4.40. The fourth-order valence-corrected chi connectivity index (χ4v) is 3.86. The molecule has 70 valence electrons. The maximum atomic E-state index is 2.50. The number of hydrogen-bond donors (Lipinski definition) is 0. The summed E-state index contributed by atoms with van der Waals surface area (Å²) in [5.74, 6) is 0.893. The monoisotopic (exact) mass is 174 g/mol. The summed E-state index contributed by atoms with van der Waals surface area (Å²) >= 11 is 0. The Balaban J connectivity index is 0. The van der Waals surface area contributed by atoms with Crippen molar-refractivity contribution in [3.63, 3.8) is 0 Å². The third-order valence-corrected chi connectivity index (χ3v) is 7.49. The van der Waals surface area contributed by atoms with E-state index >= 15 is 0 Å². The van der Waals surface area contributed by atoms with E-state index in [4.69, 9.17) is 0 Å². The maximum absolute atomic E-state index is 2.50. The molecule has 0 aliphatic carbocycles. The Labute approximate surface area is 74.4 Å². The first kappa shape index (κ1) is 13.8. The largest absolute Gasteiger partial charge is 0.0776 e. The van der Waals surface area contributed by atoms with Crippen LogP contribution in [0.5, 0.6) is 0 Å². The van der Waals surface area contributed by atoms with Crippen molar-refractivity contribution in [2.45, 2.75) is 59.8 Å². The van der Waals surface area contributed by atoms with Crippen LogP contribution in [0.2, 0.25) is 24.7 Å². The molecule has 0 spiro atoms. The molecular formula is C10H26Si. The first-order valence-corrected chi connectivity index (χ1v) is 7.64. The number of rotatable bonds is 3. The summed E-state index contributed by atoms with van der Waals surface area (Å²) in [6, 6.07) is 1.48. The van der Waals surface area contributed by atoms with Gasteiger partial charge in [0.1, 0.15) is 0 Å². The minimum absolute atomic E-state index is 0. The van der Waals surface area contributed by atoms with Gasteiger partial charge in [0.2, 0.25) is 0 Å². The van der Waals surface area contributed by atoms with Gasteiger partial charge < -0.3 is 0 Å². The standard InChI is InChI=1S/C9H22Si.CH4/c1-8(2)7-10(5,6)9(3)4;/h8-9H,7H2,1-6H3;1H4. The maximum Gasteiger partial charge on any atom is 0.0501 e. The molecule has 0 amide bonds. The summed E-state index contributed by atoms with van der Waals surface area (Å²) in [5.41, 5.74) is 0.940. The topological polar surface area (TPSA) is 0 Å². The molecule has 0 aliphatic rings. The molecule has 0 saturated carbocycles. The summed E-state index contributed by atoms with van der Waals surface area (Å²) in [6.45, 7) is 14.4. The Hall–Kier alpha value is 0.217. The van der Waals surface area contributed by atoms with E-state index in [1.54, 1.807) is 0 Å². The first-order valence-electron chi connectivity index (χ1n) is 4.36. The molecule has 0 aromatic rings. The van der Waals surface area contributed by atoms with Crippen LogP contribution in [0, 0.1) is 5.92 Å². The first-order chi connectivity index (χ1) is 4.36. The average Bonchev–Trinajstić information content (AvgIpc) is 1.60. The van der Waals surface area contributed by atoms with Crippen molar-refractivity contribution in [2.24, 2.45) is 5.92 Å². The summed E-state index contributed by atoms with van der Waals surface area (Å²) < 4.78 is 0. The molecule has 0 unspecified atom stereocenters. The van der Waals surface area contributed by atoms with Gasteiger partial charge in [0.25, 0.3) is 0 Å². The Morgan fingerprint density at radius 2 is 1.36 bits per heavy atom. The van der Waals surface area contributed by atoms with E-state index in [1.807, 2.05) is 0 Å². The van der Waals surface area contributed by atoms with E-state index in [2.05, 4.69) is 40.8 Å². The molecule has 0 atom stereocenters. The highest BCUT2D eigenvalue weighted by Crippen LogP contribution is 2.27. The molecule has 0 saturated heterocycles. The van der Waals surface area contributed by atoms with Crippen molar-refractivity contribution in [3.8, 4) is 0 Å². The normalized spacial score (nSPS) is 12.0. The van der Waals surface area contributed by atoms with E-state index < -0.39 is 8.07 Å². The van der Waals surface area contributed by atoms with E-state index in [9.17, 15) is 0 Å². The lowest BCUT2D eigenvalue weighted by Gasteiger charge is -2.28. The van der Waals surface area contributed by atoms with Crippen LogP contribution in [-0.4, -0.2) is 8.07 Å². The van der Waals surface area contributed by atoms with Crippen LogP contribution in [-0.2, 0) is 0 Å². The highest BCUT2D eigenvalue weighted by molar-refractivity contribution is 6.78. The summed E-state index contributed by atoms with van der Waals surface area (Å²) in [7, 11) is -0.844. The van der Waals surface area contributed by atoms with Crippen LogP contribution >= 0.6 is 0 Å². The molecule has 0 bridgehead atoms. The molecule has 0 heterocycles. The van der Waals surface area contributed by atoms with Crippen LogP contribution in [0.4, 0.5) is 0 Å². The molecule has 0 nitrogen and oxygen atoms in total. The molecule has 0 aromatic carbocycles. The zero-order valence-electron chi connectivity index (χ0n) is 8.36. The summed E-state index contributed by atoms with van der Waals surface area (Å²) in [6.07, 6.45) is 0. The minimum atomic E-state index is -0.844. The van der Waals surface area contributed by atoms with Gasteiger partial charge in [-0.2, -0.15) is 0 Å². The van der Waals surface area contributed by atoms with Crippen LogP contribution in [0.3, 0.4) is 0 Å². The second-order valence-corrected chi connectivity index (χ2v) is 10.3. The Morgan fingerprint density at radius 1 is 1.00 bits per heavy atom. The van der Waals surface area contributed by atoms with Crippen molar-refractivity contribution in [3.05, 3.63) is 0 Å². The second kappa shape index (κ2) is 4.97. The van der Waals surface area contributed by atoms with Gasteiger partial charge >= 0.3 is 0 Å². The van der Waals surface area contributed by atoms with Gasteiger partial charge in [0.05, 0.1) is 8.07 Å². The highest BCUT2D eigenvalue weighted by atomic mass is 28.3. The van der Waals surface area contributed by atoms with Crippen molar-refractivity contribution in [2.75, 3.05) is 0 Å². The Kier molecular flexibility index (Phi) is 6.23. The molecule has 0 radical (unpaired) electrons. The van der Waals surface area contributed by atoms with Gasteiger partial charge in [-0.15, -0.1) is 0 Å². The average molecular weight is 174 g/mol. The van der Waals surface area contributed by atoms with Crippen molar-refractivity contribution >= 4 is 8.07 Å². The highest BCUT2D eigenvalue weighted by Gasteiger charge is 2.25. The molecular weight excluding hydrogens is 148 g/mol. The van der Waals surface area contributed by atoms with Crippen LogP contribution in [0.15, 0.2) is 0 Å². The lowest BCUT2D eigenvalue weighted by atomic mass is 10.3. The van der Waals surface area contributed by atoms with Crippen LogP contribution in [0.1, 0.15) is 35.1 Å². The quantitative estimate of drug-likeness (QED) is 0.556. The zero-order valence-corrected chi connectivity index (χ0v) is 9.36. The zero-order chi connectivity index (χ0) is 8.36. The van der Waals surface area contributed by atoms with Gasteiger partial charge in [-0.1, -0.05) is 59.8 Å². The van der Waals surface area contributed by atoms with E-state index in [0.717, 1.165) is 11.5 Å². The fraction of sp³-hybridized carbons (Fsp3) is 1.00. The lowest BCUT2D eigenvalue weighted by molar-refractivity contribution is 0.709. The predicted molar refractivity (Wildman–Crippen MR) is 59.0 cm³/mol. The molecule has 0 aromatic heterocycles. The molecule has 1 heteroatoms. The van der Waals surface area contributed by atoms with Crippen LogP contribution in [0.25, 0.3) is 0 Å². The van der Waals surface area contributed by atoms with Gasteiger partial charge in [-0.05, 0) is 5.92 Å². The molecule has 0 fully saturated rings. The van der Waals surface area contributed by atoms with E-state index in [0.29, 0.717) is 0 Å². The van der Waals surface area contributed by atoms with Gasteiger partial charge in [0, 0.05) is 0 Å². The number of hydrogen-bond acceptors (Lipinski definition) is 0. The smallest absolute Gasteiger partial charge is 0.0501 e. The van der Waals surface area contributed by atoms with Gasteiger partial charge in [0.15, 0.2) is 0 Å². The van der Waals surface area contributed by atoms with E-state index in [-0.39, 0.29) is 7.43 Å². The molecule has 0 rings (SSSR count). The van der Waals surface area contributed by atoms with Gasteiger partial charge in [-0.3, -0.25) is 0 Å². The van der Waals surface area contributed by atoms with Crippen LogP contribution < -0.4 is 0 Å². The van der Waals surface area contributed by atoms with Crippen molar-refractivity contribution < 1.29 is 0 Å². The summed E-state index contributed by atoms with van der Waals surface area (Å²) in [4.78, 5) is 0. The summed E-state index contributed by atoms with van der Waals surface area (Å²) in [5, 5.41) is 0. The minimum Gasteiger partial charge on any atom is -0.0776 e. The van der Waals surface area contributed by atoms with Crippen molar-refractivity contribution in [1.29, 1.82) is 0 Å². The SMILES string of the molecule is C.CC(C)C[Si](C)(C)C(C)C. The third-order valence-electron chi connectivity index (χ3n) is 2.50. The molecule has 0 aliphatic heterocycles. The van der Waals surface area contributed by atoms with Crippen molar-refractivity contribution in [1.82, 2.24) is 0 Å². The molecule has 11 heavy (non-hydrogen) atoms.